The number of nitrogens with one attached hydrogen (secondary N) is 1. The van der Waals surface area contributed by atoms with Crippen LogP contribution in [0.25, 0.3) is 0 Å². The summed E-state index contributed by atoms with van der Waals surface area (Å²) in [5, 5.41) is 2.87. The molecule has 0 fully saturated rings. The lowest BCUT2D eigenvalue weighted by atomic mass is 10.1. The summed E-state index contributed by atoms with van der Waals surface area (Å²) in [5.41, 5.74) is 8.99. The maximum absolute atomic E-state index is 12.0. The normalized spacial score (nSPS) is 10.1. The van der Waals surface area contributed by atoms with Crippen LogP contribution in [0.3, 0.4) is 0 Å². The van der Waals surface area contributed by atoms with Gasteiger partial charge in [0.05, 0.1) is 13.5 Å². The molecule has 20 heavy (non-hydrogen) atoms. The molecule has 0 spiro atoms. The molecule has 0 unspecified atom stereocenters. The third-order valence-corrected chi connectivity index (χ3v) is 2.99. The van der Waals surface area contributed by atoms with Gasteiger partial charge in [0.25, 0.3) is 0 Å². The number of hydrogen-bond donors (Lipinski definition) is 2. The topological polar surface area (TPSA) is 64.3 Å². The molecule has 0 aliphatic rings. The van der Waals surface area contributed by atoms with E-state index in [1.807, 2.05) is 37.3 Å². The summed E-state index contributed by atoms with van der Waals surface area (Å²) in [6, 6.07) is 12.9. The van der Waals surface area contributed by atoms with E-state index in [4.69, 9.17) is 10.5 Å². The first-order chi connectivity index (χ1) is 9.58. The predicted molar refractivity (Wildman–Crippen MR) is 80.9 cm³/mol. The molecule has 1 amide bonds. The fourth-order valence-electron chi connectivity index (χ4n) is 2.05. The van der Waals surface area contributed by atoms with Crippen molar-refractivity contribution < 1.29 is 9.53 Å². The van der Waals surface area contributed by atoms with E-state index < -0.39 is 0 Å². The van der Waals surface area contributed by atoms with Gasteiger partial charge in [-0.2, -0.15) is 0 Å². The number of methoxy groups -OCH3 is 1. The van der Waals surface area contributed by atoms with Gasteiger partial charge in [0.2, 0.25) is 5.91 Å². The SMILES string of the molecule is COc1ccc(NC(=O)Cc2cccc(N)c2)cc1C. The fourth-order valence-corrected chi connectivity index (χ4v) is 2.05. The van der Waals surface area contributed by atoms with Crippen LogP contribution in [-0.4, -0.2) is 13.0 Å². The largest absolute Gasteiger partial charge is 0.496 e. The molecule has 0 radical (unpaired) electrons. The highest BCUT2D eigenvalue weighted by atomic mass is 16.5. The molecule has 2 rings (SSSR count). The lowest BCUT2D eigenvalue weighted by Crippen LogP contribution is -2.14. The van der Waals surface area contributed by atoms with Crippen molar-refractivity contribution in [1.82, 2.24) is 0 Å². The smallest absolute Gasteiger partial charge is 0.228 e. The zero-order valence-electron chi connectivity index (χ0n) is 11.6. The van der Waals surface area contributed by atoms with Crippen LogP contribution >= 0.6 is 0 Å². The van der Waals surface area contributed by atoms with Gasteiger partial charge < -0.3 is 15.8 Å². The van der Waals surface area contributed by atoms with Gasteiger partial charge in [-0.05, 0) is 48.4 Å². The van der Waals surface area contributed by atoms with Crippen LogP contribution in [0.5, 0.6) is 5.75 Å². The number of rotatable bonds is 4. The van der Waals surface area contributed by atoms with Crippen LogP contribution in [-0.2, 0) is 11.2 Å². The molecule has 0 saturated heterocycles. The summed E-state index contributed by atoms with van der Waals surface area (Å²) in [6.07, 6.45) is 0.302. The van der Waals surface area contributed by atoms with Crippen LogP contribution in [0.4, 0.5) is 11.4 Å². The summed E-state index contributed by atoms with van der Waals surface area (Å²) < 4.78 is 5.19. The first-order valence-corrected chi connectivity index (χ1v) is 6.37. The molecule has 0 aliphatic carbocycles. The molecule has 0 saturated carbocycles. The highest BCUT2D eigenvalue weighted by Crippen LogP contribution is 2.21. The van der Waals surface area contributed by atoms with Crippen LogP contribution in [0.1, 0.15) is 11.1 Å². The molecule has 0 atom stereocenters. The van der Waals surface area contributed by atoms with Crippen molar-refractivity contribution in [2.24, 2.45) is 0 Å². The van der Waals surface area contributed by atoms with E-state index in [2.05, 4.69) is 5.32 Å². The number of benzene rings is 2. The summed E-state index contributed by atoms with van der Waals surface area (Å²) in [6.45, 7) is 1.94. The Labute approximate surface area is 118 Å². The van der Waals surface area contributed by atoms with E-state index in [0.717, 1.165) is 22.6 Å². The fraction of sp³-hybridized carbons (Fsp3) is 0.188. The zero-order valence-corrected chi connectivity index (χ0v) is 11.6. The predicted octanol–water partition coefficient (Wildman–Crippen LogP) is 2.77. The van der Waals surface area contributed by atoms with Crippen molar-refractivity contribution in [3.63, 3.8) is 0 Å². The minimum absolute atomic E-state index is 0.0693. The number of carbonyl (C=O) groups excluding carboxylic acids is 1. The Balaban J connectivity index is 2.03. The number of hydrogen-bond acceptors (Lipinski definition) is 3. The van der Waals surface area contributed by atoms with Gasteiger partial charge in [0, 0.05) is 11.4 Å². The second kappa shape index (κ2) is 6.10. The second-order valence-corrected chi connectivity index (χ2v) is 4.65. The molecular formula is C16H18N2O2. The van der Waals surface area contributed by atoms with E-state index in [0.29, 0.717) is 12.1 Å². The molecule has 0 bridgehead atoms. The summed E-state index contributed by atoms with van der Waals surface area (Å²) >= 11 is 0. The molecule has 2 aromatic carbocycles. The van der Waals surface area contributed by atoms with E-state index in [-0.39, 0.29) is 5.91 Å². The lowest BCUT2D eigenvalue weighted by Gasteiger charge is -2.09. The monoisotopic (exact) mass is 270 g/mol. The third kappa shape index (κ3) is 3.51. The number of carbonyl (C=O) groups is 1. The van der Waals surface area contributed by atoms with Gasteiger partial charge in [-0.1, -0.05) is 12.1 Å². The Hall–Kier alpha value is -2.49. The Morgan fingerprint density at radius 3 is 2.70 bits per heavy atom. The van der Waals surface area contributed by atoms with Crippen molar-refractivity contribution in [3.8, 4) is 5.75 Å². The average Bonchev–Trinajstić information content (AvgIpc) is 2.38. The molecule has 4 nitrogen and oxygen atoms in total. The first-order valence-electron chi connectivity index (χ1n) is 6.37. The van der Waals surface area contributed by atoms with Gasteiger partial charge >= 0.3 is 0 Å². The van der Waals surface area contributed by atoms with Gasteiger partial charge in [-0.3, -0.25) is 4.79 Å². The molecule has 2 aromatic rings. The minimum Gasteiger partial charge on any atom is -0.496 e. The average molecular weight is 270 g/mol. The van der Waals surface area contributed by atoms with E-state index in [1.54, 1.807) is 19.2 Å². The molecular weight excluding hydrogens is 252 g/mol. The number of nitrogen functional groups attached to an aromatic ring is 1. The van der Waals surface area contributed by atoms with Crippen molar-refractivity contribution >= 4 is 17.3 Å². The summed E-state index contributed by atoms with van der Waals surface area (Å²) in [5.74, 6) is 0.735. The zero-order chi connectivity index (χ0) is 14.5. The number of ether oxygens (including phenoxy) is 1. The molecule has 0 aromatic heterocycles. The quantitative estimate of drug-likeness (QED) is 0.840. The number of aryl methyl sites for hydroxylation is 1. The second-order valence-electron chi connectivity index (χ2n) is 4.65. The van der Waals surface area contributed by atoms with Gasteiger partial charge in [-0.25, -0.2) is 0 Å². The van der Waals surface area contributed by atoms with Crippen LogP contribution in [0.15, 0.2) is 42.5 Å². The van der Waals surface area contributed by atoms with Crippen molar-refractivity contribution in [2.45, 2.75) is 13.3 Å². The number of amides is 1. The maximum Gasteiger partial charge on any atom is 0.228 e. The highest BCUT2D eigenvalue weighted by Gasteiger charge is 2.06. The molecule has 0 aliphatic heterocycles. The van der Waals surface area contributed by atoms with Crippen molar-refractivity contribution in [2.75, 3.05) is 18.2 Å². The third-order valence-electron chi connectivity index (χ3n) is 2.99. The van der Waals surface area contributed by atoms with Gasteiger partial charge in [0.15, 0.2) is 0 Å². The highest BCUT2D eigenvalue weighted by molar-refractivity contribution is 5.92. The molecule has 3 N–H and O–H groups in total. The maximum atomic E-state index is 12.0. The Kier molecular flexibility index (Phi) is 4.25. The first kappa shape index (κ1) is 13.9. The lowest BCUT2D eigenvalue weighted by molar-refractivity contribution is -0.115. The van der Waals surface area contributed by atoms with Crippen LogP contribution < -0.4 is 15.8 Å². The molecule has 4 heteroatoms. The van der Waals surface area contributed by atoms with E-state index in [1.165, 1.54) is 0 Å². The summed E-state index contributed by atoms with van der Waals surface area (Å²) in [7, 11) is 1.63. The number of anilines is 2. The van der Waals surface area contributed by atoms with Crippen molar-refractivity contribution in [3.05, 3.63) is 53.6 Å². The molecule has 0 heterocycles. The Bertz CT molecular complexity index is 624. The Morgan fingerprint density at radius 2 is 2.05 bits per heavy atom. The van der Waals surface area contributed by atoms with Crippen LogP contribution in [0, 0.1) is 6.92 Å². The standard InChI is InChI=1S/C16H18N2O2/c1-11-8-14(6-7-15(11)20-2)18-16(19)10-12-4-3-5-13(17)9-12/h3-9H,10,17H2,1-2H3,(H,18,19). The summed E-state index contributed by atoms with van der Waals surface area (Å²) in [4.78, 5) is 12.0. The molecule has 104 valence electrons. The van der Waals surface area contributed by atoms with Gasteiger partial charge in [0.1, 0.15) is 5.75 Å². The van der Waals surface area contributed by atoms with E-state index in [9.17, 15) is 4.79 Å². The van der Waals surface area contributed by atoms with Gasteiger partial charge in [-0.15, -0.1) is 0 Å². The minimum atomic E-state index is -0.0693. The van der Waals surface area contributed by atoms with Crippen molar-refractivity contribution in [1.29, 1.82) is 0 Å². The Morgan fingerprint density at radius 1 is 1.25 bits per heavy atom. The number of nitrogens with two attached hydrogens (primary N) is 1. The van der Waals surface area contributed by atoms with E-state index >= 15 is 0 Å². The van der Waals surface area contributed by atoms with Crippen LogP contribution in [0.2, 0.25) is 0 Å².